The summed E-state index contributed by atoms with van der Waals surface area (Å²) >= 11 is 3.37. The van der Waals surface area contributed by atoms with Gasteiger partial charge in [0.25, 0.3) is 0 Å². The van der Waals surface area contributed by atoms with Crippen molar-refractivity contribution in [3.05, 3.63) is 64.1 Å². The van der Waals surface area contributed by atoms with Gasteiger partial charge in [-0.25, -0.2) is 4.79 Å². The summed E-state index contributed by atoms with van der Waals surface area (Å²) in [5.41, 5.74) is 1.77. The predicted molar refractivity (Wildman–Crippen MR) is 82.1 cm³/mol. The molecule has 3 nitrogen and oxygen atoms in total. The lowest BCUT2D eigenvalue weighted by molar-refractivity contribution is -0.131. The lowest BCUT2D eigenvalue weighted by atomic mass is 10.1. The fourth-order valence-electron chi connectivity index (χ4n) is 1.69. The van der Waals surface area contributed by atoms with E-state index in [1.165, 1.54) is 0 Å². The molecular weight excluding hydrogens is 320 g/mol. The molecule has 0 unspecified atom stereocenters. The normalized spacial score (nSPS) is 10.7. The molecule has 0 aliphatic heterocycles. The van der Waals surface area contributed by atoms with E-state index in [-0.39, 0.29) is 0 Å². The molecule has 102 valence electrons. The van der Waals surface area contributed by atoms with Crippen molar-refractivity contribution >= 4 is 28.0 Å². The summed E-state index contributed by atoms with van der Waals surface area (Å²) in [6.45, 7) is 1.92. The quantitative estimate of drug-likeness (QED) is 0.829. The molecule has 1 N–H and O–H groups in total. The summed E-state index contributed by atoms with van der Waals surface area (Å²) < 4.78 is 6.78. The van der Waals surface area contributed by atoms with Gasteiger partial charge in [0.2, 0.25) is 0 Å². The van der Waals surface area contributed by atoms with E-state index in [9.17, 15) is 4.79 Å². The van der Waals surface area contributed by atoms with Gasteiger partial charge in [-0.05, 0) is 60.5 Å². The minimum atomic E-state index is -0.960. The largest absolute Gasteiger partial charge is 0.478 e. The van der Waals surface area contributed by atoms with Crippen molar-refractivity contribution in [1.29, 1.82) is 0 Å². The molecule has 0 aliphatic carbocycles. The average molecular weight is 333 g/mol. The summed E-state index contributed by atoms with van der Waals surface area (Å²) in [7, 11) is 0. The molecule has 0 heterocycles. The maximum Gasteiger partial charge on any atom is 0.328 e. The highest BCUT2D eigenvalue weighted by molar-refractivity contribution is 9.10. The van der Waals surface area contributed by atoms with E-state index in [0.29, 0.717) is 0 Å². The molecule has 20 heavy (non-hydrogen) atoms. The predicted octanol–water partition coefficient (Wildman–Crippen LogP) is 4.65. The van der Waals surface area contributed by atoms with Crippen LogP contribution in [0.2, 0.25) is 0 Å². The number of hydrogen-bond donors (Lipinski definition) is 1. The zero-order valence-electron chi connectivity index (χ0n) is 10.8. The van der Waals surface area contributed by atoms with E-state index >= 15 is 0 Å². The van der Waals surface area contributed by atoms with E-state index < -0.39 is 5.97 Å². The van der Waals surface area contributed by atoms with Crippen LogP contribution < -0.4 is 4.74 Å². The molecule has 0 spiro atoms. The summed E-state index contributed by atoms with van der Waals surface area (Å²) in [5, 5.41) is 8.60. The number of aliphatic carboxylic acids is 1. The molecule has 0 bridgehead atoms. The van der Waals surface area contributed by atoms with Crippen LogP contribution in [-0.2, 0) is 4.79 Å². The van der Waals surface area contributed by atoms with Crippen LogP contribution in [0.25, 0.3) is 6.08 Å². The van der Waals surface area contributed by atoms with Crippen molar-refractivity contribution in [3.63, 3.8) is 0 Å². The Bertz CT molecular complexity index is 645. The number of benzene rings is 2. The van der Waals surface area contributed by atoms with Crippen LogP contribution >= 0.6 is 15.9 Å². The van der Waals surface area contributed by atoms with E-state index in [1.807, 2.05) is 49.4 Å². The van der Waals surface area contributed by atoms with Crippen molar-refractivity contribution < 1.29 is 14.6 Å². The first-order chi connectivity index (χ1) is 9.54. The Morgan fingerprint density at radius 3 is 2.50 bits per heavy atom. The monoisotopic (exact) mass is 332 g/mol. The zero-order chi connectivity index (χ0) is 14.5. The van der Waals surface area contributed by atoms with E-state index in [0.717, 1.165) is 33.2 Å². The molecule has 4 heteroatoms. The topological polar surface area (TPSA) is 46.5 Å². The Hall–Kier alpha value is -2.07. The number of carboxylic acid groups (broad SMARTS) is 1. The Morgan fingerprint density at radius 2 is 1.90 bits per heavy atom. The molecule has 0 fully saturated rings. The van der Waals surface area contributed by atoms with Gasteiger partial charge in [0.15, 0.2) is 0 Å². The molecule has 0 saturated carbocycles. The van der Waals surface area contributed by atoms with Crippen molar-refractivity contribution in [3.8, 4) is 11.5 Å². The SMILES string of the molecule is Cc1cc(C=CC(=O)O)ccc1Oc1ccc(Br)cc1. The highest BCUT2D eigenvalue weighted by Gasteiger charge is 2.02. The molecule has 0 radical (unpaired) electrons. The second-order valence-electron chi connectivity index (χ2n) is 4.25. The molecule has 2 aromatic carbocycles. The van der Waals surface area contributed by atoms with E-state index in [1.54, 1.807) is 6.08 Å². The maximum atomic E-state index is 10.5. The fourth-order valence-corrected chi connectivity index (χ4v) is 1.95. The highest BCUT2D eigenvalue weighted by Crippen LogP contribution is 2.27. The van der Waals surface area contributed by atoms with Crippen LogP contribution in [-0.4, -0.2) is 11.1 Å². The van der Waals surface area contributed by atoms with Crippen LogP contribution in [0.1, 0.15) is 11.1 Å². The van der Waals surface area contributed by atoms with Gasteiger partial charge < -0.3 is 9.84 Å². The third-order valence-electron chi connectivity index (χ3n) is 2.66. The molecule has 2 rings (SSSR count). The number of hydrogen-bond acceptors (Lipinski definition) is 2. The summed E-state index contributed by atoms with van der Waals surface area (Å²) in [5.74, 6) is 0.544. The fraction of sp³-hybridized carbons (Fsp3) is 0.0625. The molecular formula is C16H13BrO3. The van der Waals surface area contributed by atoms with Crippen molar-refractivity contribution in [2.45, 2.75) is 6.92 Å². The second kappa shape index (κ2) is 6.39. The number of halogens is 1. The van der Waals surface area contributed by atoms with Crippen LogP contribution in [0.5, 0.6) is 11.5 Å². The van der Waals surface area contributed by atoms with Gasteiger partial charge in [-0.1, -0.05) is 22.0 Å². The van der Waals surface area contributed by atoms with Gasteiger partial charge in [-0.3, -0.25) is 0 Å². The van der Waals surface area contributed by atoms with Crippen LogP contribution in [0.4, 0.5) is 0 Å². The standard InChI is InChI=1S/C16H13BrO3/c1-11-10-12(3-9-16(18)19)2-8-15(11)20-14-6-4-13(17)5-7-14/h2-10H,1H3,(H,18,19). The van der Waals surface area contributed by atoms with Gasteiger partial charge in [-0.2, -0.15) is 0 Å². The van der Waals surface area contributed by atoms with E-state index in [2.05, 4.69) is 15.9 Å². The first-order valence-corrected chi connectivity index (χ1v) is 6.79. The number of carbonyl (C=O) groups is 1. The molecule has 0 saturated heterocycles. The van der Waals surface area contributed by atoms with Crippen molar-refractivity contribution in [1.82, 2.24) is 0 Å². The second-order valence-corrected chi connectivity index (χ2v) is 5.17. The minimum Gasteiger partial charge on any atom is -0.478 e. The Balaban J connectivity index is 2.17. The smallest absolute Gasteiger partial charge is 0.328 e. The molecule has 0 atom stereocenters. The zero-order valence-corrected chi connectivity index (χ0v) is 12.4. The van der Waals surface area contributed by atoms with Gasteiger partial charge in [0.1, 0.15) is 11.5 Å². The molecule has 0 aromatic heterocycles. The summed E-state index contributed by atoms with van der Waals surface area (Å²) in [4.78, 5) is 10.5. The Kier molecular flexibility index (Phi) is 4.58. The molecule has 0 amide bonds. The number of aryl methyl sites for hydroxylation is 1. The first kappa shape index (κ1) is 14.3. The van der Waals surface area contributed by atoms with Crippen LogP contribution in [0, 0.1) is 6.92 Å². The lowest BCUT2D eigenvalue weighted by Gasteiger charge is -2.09. The Labute approximate surface area is 125 Å². The van der Waals surface area contributed by atoms with Gasteiger partial charge in [-0.15, -0.1) is 0 Å². The van der Waals surface area contributed by atoms with Gasteiger partial charge in [0, 0.05) is 10.5 Å². The highest BCUT2D eigenvalue weighted by atomic mass is 79.9. The number of carboxylic acids is 1. The number of ether oxygens (including phenoxy) is 1. The molecule has 0 aliphatic rings. The third kappa shape index (κ3) is 3.96. The molecule has 2 aromatic rings. The minimum absolute atomic E-state index is 0.750. The van der Waals surface area contributed by atoms with Crippen molar-refractivity contribution in [2.75, 3.05) is 0 Å². The lowest BCUT2D eigenvalue weighted by Crippen LogP contribution is -1.89. The summed E-state index contributed by atoms with van der Waals surface area (Å²) in [6.07, 6.45) is 2.67. The van der Waals surface area contributed by atoms with Crippen LogP contribution in [0.3, 0.4) is 0 Å². The maximum absolute atomic E-state index is 10.5. The number of rotatable bonds is 4. The Morgan fingerprint density at radius 1 is 1.20 bits per heavy atom. The van der Waals surface area contributed by atoms with Gasteiger partial charge in [0.05, 0.1) is 0 Å². The van der Waals surface area contributed by atoms with E-state index in [4.69, 9.17) is 9.84 Å². The van der Waals surface area contributed by atoms with Crippen LogP contribution in [0.15, 0.2) is 53.0 Å². The van der Waals surface area contributed by atoms with Gasteiger partial charge >= 0.3 is 5.97 Å². The third-order valence-corrected chi connectivity index (χ3v) is 3.19. The summed E-state index contributed by atoms with van der Waals surface area (Å²) in [6, 6.07) is 13.1. The van der Waals surface area contributed by atoms with Crippen molar-refractivity contribution in [2.24, 2.45) is 0 Å². The first-order valence-electron chi connectivity index (χ1n) is 6.00. The average Bonchev–Trinajstić information content (AvgIpc) is 2.41.